The van der Waals surface area contributed by atoms with E-state index in [9.17, 15) is 29.1 Å². The molecule has 0 saturated carbocycles. The van der Waals surface area contributed by atoms with Crippen LogP contribution in [0.4, 0.5) is 0 Å². The number of fused-ring (bicyclic) bond motifs is 2. The molecule has 14 nitrogen and oxygen atoms in total. The van der Waals surface area contributed by atoms with Gasteiger partial charge in [-0.3, -0.25) is 28.7 Å². The number of amides is 5. The van der Waals surface area contributed by atoms with E-state index in [1.54, 1.807) is 35.1 Å². The van der Waals surface area contributed by atoms with Crippen LogP contribution in [-0.2, 0) is 36.9 Å². The van der Waals surface area contributed by atoms with Crippen molar-refractivity contribution < 1.29 is 29.1 Å². The molecule has 2 saturated heterocycles. The van der Waals surface area contributed by atoms with Crippen molar-refractivity contribution in [2.24, 2.45) is 0 Å². The average Bonchev–Trinajstić information content (AvgIpc) is 3.78. The number of nitrogens with zero attached hydrogens (tertiary/aromatic N) is 4. The van der Waals surface area contributed by atoms with E-state index in [-0.39, 0.29) is 32.5 Å². The van der Waals surface area contributed by atoms with Crippen LogP contribution in [0.15, 0.2) is 66.9 Å². The predicted octanol–water partition coefficient (Wildman–Crippen LogP) is 0.875. The first kappa shape index (κ1) is 34.4. The highest BCUT2D eigenvalue weighted by Gasteiger charge is 2.42. The number of para-hydroxylation sites is 1. The highest BCUT2D eigenvalue weighted by molar-refractivity contribution is 5.96. The third-order valence-corrected chi connectivity index (χ3v) is 9.35. The summed E-state index contributed by atoms with van der Waals surface area (Å²) in [5.41, 5.74) is 3.81. The first-order chi connectivity index (χ1) is 24.0. The fourth-order valence-electron chi connectivity index (χ4n) is 6.77. The number of carbonyl (C=O) groups excluding carboxylic acids is 5. The maximum Gasteiger partial charge on any atom is 0.246 e. The summed E-state index contributed by atoms with van der Waals surface area (Å²) in [6.07, 6.45) is 0.849. The molecule has 0 unspecified atom stereocenters. The van der Waals surface area contributed by atoms with E-state index >= 15 is 0 Å². The molecule has 2 aliphatic heterocycles. The lowest BCUT2D eigenvalue weighted by Crippen LogP contribution is -2.56. The number of aliphatic hydroxyl groups is 1. The van der Waals surface area contributed by atoms with E-state index in [1.165, 1.54) is 16.7 Å². The highest BCUT2D eigenvalue weighted by Crippen LogP contribution is 2.24. The second kappa shape index (κ2) is 14.5. The number of hydrogen-bond acceptors (Lipinski definition) is 7. The predicted molar refractivity (Wildman–Crippen MR) is 183 cm³/mol. The summed E-state index contributed by atoms with van der Waals surface area (Å²) in [4.78, 5) is 75.2. The molecule has 0 bridgehead atoms. The Morgan fingerprint density at radius 2 is 1.68 bits per heavy atom. The molecule has 5 atom stereocenters. The zero-order chi connectivity index (χ0) is 35.5. The van der Waals surface area contributed by atoms with Crippen molar-refractivity contribution >= 4 is 40.4 Å². The number of hydrogen-bond donors (Lipinski definition) is 5. The number of H-pyrrole nitrogens is 1. The highest BCUT2D eigenvalue weighted by atomic mass is 16.3. The first-order valence-corrected chi connectivity index (χ1v) is 16.7. The van der Waals surface area contributed by atoms with Gasteiger partial charge in [-0.15, -0.1) is 0 Å². The summed E-state index contributed by atoms with van der Waals surface area (Å²) in [6, 6.07) is 14.5. The quantitative estimate of drug-likeness (QED) is 0.207. The largest absolute Gasteiger partial charge is 0.391 e. The minimum absolute atomic E-state index is 0.0269. The van der Waals surface area contributed by atoms with Crippen LogP contribution in [0.3, 0.4) is 0 Å². The van der Waals surface area contributed by atoms with Crippen LogP contribution in [0.2, 0.25) is 0 Å². The normalized spacial score (nSPS) is 23.9. The molecule has 262 valence electrons. The third-order valence-electron chi connectivity index (χ3n) is 9.35. The Kier molecular flexibility index (Phi) is 10.00. The molecule has 5 amide bonds. The Morgan fingerprint density at radius 1 is 0.940 bits per heavy atom. The molecule has 2 aromatic carbocycles. The number of aryl methyl sites for hydroxylation is 2. The molecular formula is C36H42N8O6. The lowest BCUT2D eigenvalue weighted by molar-refractivity contribution is -0.142. The van der Waals surface area contributed by atoms with Gasteiger partial charge in [0.05, 0.1) is 24.4 Å². The molecule has 2 aliphatic rings. The van der Waals surface area contributed by atoms with Gasteiger partial charge < -0.3 is 35.8 Å². The van der Waals surface area contributed by atoms with Crippen molar-refractivity contribution in [1.82, 2.24) is 40.5 Å². The maximum absolute atomic E-state index is 14.3. The molecule has 2 aromatic heterocycles. The number of rotatable bonds is 5. The second-order valence-corrected chi connectivity index (χ2v) is 13.1. The van der Waals surface area contributed by atoms with Gasteiger partial charge in [0.25, 0.3) is 0 Å². The molecule has 6 rings (SSSR count). The van der Waals surface area contributed by atoms with E-state index in [4.69, 9.17) is 0 Å². The van der Waals surface area contributed by atoms with Crippen LogP contribution >= 0.6 is 0 Å². The van der Waals surface area contributed by atoms with Crippen LogP contribution in [0, 0.1) is 13.8 Å². The minimum Gasteiger partial charge on any atom is -0.391 e. The first-order valence-electron chi connectivity index (χ1n) is 16.7. The topological polar surface area (TPSA) is 182 Å². The Labute approximate surface area is 289 Å². The van der Waals surface area contributed by atoms with Gasteiger partial charge in [-0.25, -0.2) is 0 Å². The summed E-state index contributed by atoms with van der Waals surface area (Å²) in [5.74, 6) is -2.70. The minimum atomic E-state index is -1.14. The number of nitrogens with one attached hydrogen (secondary N) is 4. The zero-order valence-corrected chi connectivity index (χ0v) is 28.3. The van der Waals surface area contributed by atoms with Crippen LogP contribution in [0.1, 0.15) is 41.9 Å². The molecular weight excluding hydrogens is 640 g/mol. The number of benzene rings is 2. The number of aromatic amines is 1. The number of carbonyl (C=O) groups is 5. The molecule has 50 heavy (non-hydrogen) atoms. The Hall–Kier alpha value is -5.50. The molecule has 4 aromatic rings. The lowest BCUT2D eigenvalue weighted by Gasteiger charge is -2.30. The molecule has 2 fully saturated rings. The van der Waals surface area contributed by atoms with Crippen molar-refractivity contribution in [3.05, 3.63) is 89.4 Å². The van der Waals surface area contributed by atoms with Gasteiger partial charge >= 0.3 is 0 Å². The fraction of sp³-hybridized carbons (Fsp3) is 0.389. The molecule has 0 aliphatic carbocycles. The van der Waals surface area contributed by atoms with E-state index in [2.05, 4.69) is 26.0 Å². The maximum atomic E-state index is 14.3. The lowest BCUT2D eigenvalue weighted by atomic mass is 10.0. The summed E-state index contributed by atoms with van der Waals surface area (Å²) in [6.45, 7) is 4.40. The van der Waals surface area contributed by atoms with Gasteiger partial charge in [-0.1, -0.05) is 48.5 Å². The van der Waals surface area contributed by atoms with Gasteiger partial charge in [0.1, 0.15) is 24.7 Å². The van der Waals surface area contributed by atoms with Crippen molar-refractivity contribution in [3.63, 3.8) is 0 Å². The van der Waals surface area contributed by atoms with Gasteiger partial charge in [-0.05, 0) is 44.0 Å². The SMILES string of the molecule is Cc1cc(C)n(CC(=O)N2CC(=O)N[C@H](Cc3c[nH]c4ccccc34)C(=O)N3C[C@H](O)C[C@H]3C(=O)N[C@@H](C)C(=O)N[C@H](c3ccccc3)C2)n1. The van der Waals surface area contributed by atoms with Crippen LogP contribution in [0.25, 0.3) is 10.9 Å². The van der Waals surface area contributed by atoms with Gasteiger partial charge in [-0.2, -0.15) is 5.10 Å². The zero-order valence-electron chi connectivity index (χ0n) is 28.3. The van der Waals surface area contributed by atoms with Crippen molar-refractivity contribution in [2.45, 2.75) is 70.4 Å². The van der Waals surface area contributed by atoms with Crippen molar-refractivity contribution in [2.75, 3.05) is 19.6 Å². The van der Waals surface area contributed by atoms with Gasteiger partial charge in [0.2, 0.25) is 29.5 Å². The molecule has 0 radical (unpaired) electrons. The van der Waals surface area contributed by atoms with Gasteiger partial charge in [0.15, 0.2) is 0 Å². The Bertz CT molecular complexity index is 1900. The van der Waals surface area contributed by atoms with E-state index < -0.39 is 66.4 Å². The Morgan fingerprint density at radius 3 is 2.42 bits per heavy atom. The molecule has 5 N–H and O–H groups in total. The second-order valence-electron chi connectivity index (χ2n) is 13.1. The van der Waals surface area contributed by atoms with E-state index in [1.807, 2.05) is 50.2 Å². The molecule has 14 heteroatoms. The molecule has 4 heterocycles. The van der Waals surface area contributed by atoms with Crippen LogP contribution < -0.4 is 16.0 Å². The average molecular weight is 683 g/mol. The molecule has 0 spiro atoms. The van der Waals surface area contributed by atoms with Crippen molar-refractivity contribution in [1.29, 1.82) is 0 Å². The summed E-state index contributed by atoms with van der Waals surface area (Å²) in [5, 5.41) is 24.4. The van der Waals surface area contributed by atoms with E-state index in [0.717, 1.165) is 27.9 Å². The van der Waals surface area contributed by atoms with Crippen LogP contribution in [0.5, 0.6) is 0 Å². The standard InChI is InChI=1S/C36H42N8O6/c1-21-13-22(2)44(41-21)20-33(47)42-18-30(24-9-5-4-6-10-24)40-34(48)23(3)38-35(49)31-15-26(45)17-43(31)36(50)29(39-32(46)19-42)14-25-16-37-28-12-8-7-11-27(25)28/h4-13,16,23,26,29-31,37,45H,14-15,17-20H2,1-3H3,(H,38,49)(H,39,46)(H,40,48)/t23-,26+,29+,30-,31-/m0/s1. The summed E-state index contributed by atoms with van der Waals surface area (Å²) >= 11 is 0. The summed E-state index contributed by atoms with van der Waals surface area (Å²) < 4.78 is 1.56. The third kappa shape index (κ3) is 7.54. The monoisotopic (exact) mass is 682 g/mol. The smallest absolute Gasteiger partial charge is 0.246 e. The van der Waals surface area contributed by atoms with Gasteiger partial charge in [0, 0.05) is 48.7 Å². The fourth-order valence-corrected chi connectivity index (χ4v) is 6.77. The summed E-state index contributed by atoms with van der Waals surface area (Å²) in [7, 11) is 0. The van der Waals surface area contributed by atoms with Crippen molar-refractivity contribution in [3.8, 4) is 0 Å². The van der Waals surface area contributed by atoms with E-state index in [0.29, 0.717) is 5.56 Å². The number of aliphatic hydroxyl groups excluding tert-OH is 1. The Balaban J connectivity index is 1.38. The van der Waals surface area contributed by atoms with Crippen LogP contribution in [-0.4, -0.2) is 103 Å². The number of aromatic nitrogens is 3.